The van der Waals surface area contributed by atoms with Crippen molar-refractivity contribution in [3.63, 3.8) is 0 Å². The summed E-state index contributed by atoms with van der Waals surface area (Å²) in [4.78, 5) is 21.9. The van der Waals surface area contributed by atoms with Crippen molar-refractivity contribution in [2.75, 3.05) is 0 Å². The zero-order chi connectivity index (χ0) is 34.9. The first-order chi connectivity index (χ1) is 25.3. The Labute approximate surface area is 315 Å². The Morgan fingerprint density at radius 2 is 0.981 bits per heavy atom. The average Bonchev–Trinajstić information content (AvgIpc) is 3.56. The van der Waals surface area contributed by atoms with Gasteiger partial charge in [-0.2, -0.15) is 0 Å². The maximum atomic E-state index is 6.99. The van der Waals surface area contributed by atoms with E-state index in [2.05, 4.69) is 137 Å². The second kappa shape index (κ2) is 10.9. The molecule has 4 aliphatic rings. The van der Waals surface area contributed by atoms with Gasteiger partial charge in [-0.15, -0.1) is 0 Å². The van der Waals surface area contributed by atoms with Crippen molar-refractivity contribution in [1.82, 2.24) is 15.0 Å². The van der Waals surface area contributed by atoms with Crippen LogP contribution in [0.2, 0.25) is 0 Å². The lowest BCUT2D eigenvalue weighted by atomic mass is 9.82. The molecular formula is C45H31N3OS3. The van der Waals surface area contributed by atoms with E-state index in [1.165, 1.54) is 64.1 Å². The van der Waals surface area contributed by atoms with Crippen molar-refractivity contribution in [2.24, 2.45) is 0 Å². The number of fused-ring (bicyclic) bond motifs is 12. The number of hydrogen-bond acceptors (Lipinski definition) is 7. The largest absolute Gasteiger partial charge is 0.454 e. The third-order valence-electron chi connectivity index (χ3n) is 11.2. The first-order valence-corrected chi connectivity index (χ1v) is 20.0. The molecule has 0 atom stereocenters. The Bertz CT molecular complexity index is 2540. The molecule has 2 aliphatic carbocycles. The van der Waals surface area contributed by atoms with E-state index in [0.29, 0.717) is 11.6 Å². The van der Waals surface area contributed by atoms with Gasteiger partial charge in [-0.1, -0.05) is 136 Å². The minimum absolute atomic E-state index is 0.0511. The fourth-order valence-corrected chi connectivity index (χ4v) is 12.2. The van der Waals surface area contributed by atoms with Crippen LogP contribution in [-0.4, -0.2) is 15.0 Å². The summed E-state index contributed by atoms with van der Waals surface area (Å²) in [7, 11) is 0. The predicted octanol–water partition coefficient (Wildman–Crippen LogP) is 12.7. The van der Waals surface area contributed by atoms with Gasteiger partial charge in [0.1, 0.15) is 12.1 Å². The summed E-state index contributed by atoms with van der Waals surface area (Å²) in [5, 5.41) is 0. The molecule has 250 valence electrons. The smallest absolute Gasteiger partial charge is 0.167 e. The van der Waals surface area contributed by atoms with Crippen LogP contribution < -0.4 is 4.74 Å². The Balaban J connectivity index is 1.01. The summed E-state index contributed by atoms with van der Waals surface area (Å²) in [5.74, 6) is 2.96. The minimum atomic E-state index is -0.108. The number of aromatic nitrogens is 3. The monoisotopic (exact) mass is 725 g/mol. The highest BCUT2D eigenvalue weighted by atomic mass is 32.2. The number of para-hydroxylation sites is 1. The molecule has 0 amide bonds. The fourth-order valence-electron chi connectivity index (χ4n) is 8.60. The molecule has 0 saturated carbocycles. The van der Waals surface area contributed by atoms with Gasteiger partial charge in [-0.3, -0.25) is 0 Å². The van der Waals surface area contributed by atoms with Crippen molar-refractivity contribution < 1.29 is 4.74 Å². The quantitative estimate of drug-likeness (QED) is 0.176. The van der Waals surface area contributed by atoms with E-state index in [1.54, 1.807) is 18.1 Å². The molecule has 0 fully saturated rings. The molecule has 52 heavy (non-hydrogen) atoms. The van der Waals surface area contributed by atoms with E-state index in [9.17, 15) is 0 Å². The molecule has 7 aromatic rings. The Morgan fingerprint density at radius 3 is 1.73 bits per heavy atom. The van der Waals surface area contributed by atoms with Crippen molar-refractivity contribution >= 4 is 35.3 Å². The van der Waals surface area contributed by atoms with Crippen LogP contribution in [0.4, 0.5) is 0 Å². The molecule has 1 aromatic heterocycles. The third kappa shape index (κ3) is 4.18. The van der Waals surface area contributed by atoms with E-state index >= 15 is 0 Å². The molecule has 11 rings (SSSR count). The highest BCUT2D eigenvalue weighted by Crippen LogP contribution is 2.61. The summed E-state index contributed by atoms with van der Waals surface area (Å²) in [5.41, 5.74) is 12.2. The van der Waals surface area contributed by atoms with Crippen molar-refractivity contribution in [3.05, 3.63) is 138 Å². The summed E-state index contributed by atoms with van der Waals surface area (Å²) in [6.07, 6.45) is 1.64. The molecule has 0 N–H and O–H groups in total. The van der Waals surface area contributed by atoms with Gasteiger partial charge in [0.25, 0.3) is 0 Å². The van der Waals surface area contributed by atoms with Crippen LogP contribution in [0.25, 0.3) is 45.0 Å². The standard InChI is InChI=1S/C45H31N3OS3/c1-44(2)28-15-7-5-11-24(28)36-30(44)19-21-33-39(36)49-38-26(13-9-17-32(38)50-33)42-46-23-47-43(48-42)27-14-10-18-34-40(27)52-41-35(51-34)22-20-31-37(41)25-12-6-8-16-29(25)45(31,3)4/h5-23H,1-4H3. The first-order valence-electron chi connectivity index (χ1n) is 17.5. The number of benzene rings is 6. The van der Waals surface area contributed by atoms with E-state index in [4.69, 9.17) is 19.7 Å². The topological polar surface area (TPSA) is 47.9 Å². The molecule has 3 heterocycles. The molecular weight excluding hydrogens is 695 g/mol. The van der Waals surface area contributed by atoms with Crippen LogP contribution in [0, 0.1) is 0 Å². The number of rotatable bonds is 2. The molecule has 6 aromatic carbocycles. The zero-order valence-electron chi connectivity index (χ0n) is 28.9. The highest BCUT2D eigenvalue weighted by molar-refractivity contribution is 8.05. The summed E-state index contributed by atoms with van der Waals surface area (Å²) in [6.45, 7) is 9.28. The maximum Gasteiger partial charge on any atom is 0.167 e. The van der Waals surface area contributed by atoms with Crippen molar-refractivity contribution in [3.8, 4) is 56.5 Å². The lowest BCUT2D eigenvalue weighted by Crippen LogP contribution is -2.15. The van der Waals surface area contributed by atoms with Crippen LogP contribution in [0.1, 0.15) is 49.9 Å². The van der Waals surface area contributed by atoms with Gasteiger partial charge in [0.15, 0.2) is 17.4 Å². The molecule has 4 nitrogen and oxygen atoms in total. The predicted molar refractivity (Wildman–Crippen MR) is 211 cm³/mol. The lowest BCUT2D eigenvalue weighted by molar-refractivity contribution is 0.457. The van der Waals surface area contributed by atoms with Gasteiger partial charge in [0, 0.05) is 47.1 Å². The van der Waals surface area contributed by atoms with Gasteiger partial charge < -0.3 is 4.74 Å². The Morgan fingerprint density at radius 1 is 0.442 bits per heavy atom. The SMILES string of the molecule is CC1(C)c2ccccc2-c2c1ccc1c2Oc2c(cccc2-c2ncnc(-c3cccc4c3Sc3c(ccc5c3-c3ccccc3C5(C)C)S4)n2)S1. The Hall–Kier alpha value is -4.82. The zero-order valence-corrected chi connectivity index (χ0v) is 31.4. The maximum absolute atomic E-state index is 6.99. The van der Waals surface area contributed by atoms with Crippen LogP contribution in [0.15, 0.2) is 145 Å². The molecule has 0 saturated heterocycles. The van der Waals surface area contributed by atoms with Gasteiger partial charge in [-0.05, 0) is 69.8 Å². The highest BCUT2D eigenvalue weighted by Gasteiger charge is 2.41. The lowest BCUT2D eigenvalue weighted by Gasteiger charge is -2.26. The van der Waals surface area contributed by atoms with Gasteiger partial charge in [-0.25, -0.2) is 15.0 Å². The van der Waals surface area contributed by atoms with Crippen molar-refractivity contribution in [2.45, 2.75) is 67.9 Å². The third-order valence-corrected chi connectivity index (χ3v) is 14.9. The summed E-state index contributed by atoms with van der Waals surface area (Å²) >= 11 is 5.43. The number of nitrogens with zero attached hydrogens (tertiary/aromatic N) is 3. The van der Waals surface area contributed by atoms with Crippen LogP contribution >= 0.6 is 35.3 Å². The van der Waals surface area contributed by atoms with Gasteiger partial charge in [0.2, 0.25) is 0 Å². The van der Waals surface area contributed by atoms with Crippen LogP contribution in [0.5, 0.6) is 11.5 Å². The van der Waals surface area contributed by atoms with E-state index in [-0.39, 0.29) is 10.8 Å². The second-order valence-electron chi connectivity index (χ2n) is 14.8. The summed E-state index contributed by atoms with van der Waals surface area (Å²) < 4.78 is 6.99. The average molecular weight is 726 g/mol. The van der Waals surface area contributed by atoms with Crippen LogP contribution in [0.3, 0.4) is 0 Å². The molecule has 0 unspecified atom stereocenters. The van der Waals surface area contributed by atoms with Crippen molar-refractivity contribution in [1.29, 1.82) is 0 Å². The fraction of sp³-hybridized carbons (Fsp3) is 0.133. The number of hydrogen-bond donors (Lipinski definition) is 0. The Kier molecular flexibility index (Phi) is 6.43. The minimum Gasteiger partial charge on any atom is -0.454 e. The molecule has 2 aliphatic heterocycles. The molecule has 0 spiro atoms. The van der Waals surface area contributed by atoms with E-state index in [0.717, 1.165) is 32.4 Å². The second-order valence-corrected chi connectivity index (χ2v) is 18.0. The molecule has 0 bridgehead atoms. The van der Waals surface area contributed by atoms with E-state index in [1.807, 2.05) is 23.5 Å². The molecule has 7 heteroatoms. The van der Waals surface area contributed by atoms with Crippen LogP contribution in [-0.2, 0) is 10.8 Å². The van der Waals surface area contributed by atoms with Gasteiger partial charge >= 0.3 is 0 Å². The first kappa shape index (κ1) is 30.8. The molecule has 0 radical (unpaired) electrons. The normalized spacial score (nSPS) is 15.9. The number of ether oxygens (including phenoxy) is 1. The van der Waals surface area contributed by atoms with E-state index < -0.39 is 0 Å². The van der Waals surface area contributed by atoms with Gasteiger partial charge in [0.05, 0.1) is 15.4 Å². The summed E-state index contributed by atoms with van der Waals surface area (Å²) in [6, 6.07) is 39.4.